The average Bonchev–Trinajstić information content (AvgIpc) is 2.36. The third kappa shape index (κ3) is 3.02. The Morgan fingerprint density at radius 3 is 2.47 bits per heavy atom. The summed E-state index contributed by atoms with van der Waals surface area (Å²) in [6.45, 7) is 6.73. The minimum Gasteiger partial charge on any atom is -0.382 e. The standard InChI is InChI=1S/C16H25N/c1-4-14-8-10-15(11-9-14)17-16-7-5-6-12(2)13(16)3/h5-7,14-15,17H,4,8-11H2,1-3H3. The van der Waals surface area contributed by atoms with Crippen LogP contribution in [0, 0.1) is 19.8 Å². The maximum atomic E-state index is 3.73. The predicted octanol–water partition coefficient (Wildman–Crippen LogP) is 4.68. The highest BCUT2D eigenvalue weighted by molar-refractivity contribution is 5.54. The van der Waals surface area contributed by atoms with Gasteiger partial charge in [-0.15, -0.1) is 0 Å². The molecule has 1 aromatic carbocycles. The third-order valence-electron chi connectivity index (χ3n) is 4.39. The number of nitrogens with one attached hydrogen (secondary N) is 1. The summed E-state index contributed by atoms with van der Waals surface area (Å²) in [5.41, 5.74) is 4.13. The number of anilines is 1. The van der Waals surface area contributed by atoms with E-state index in [9.17, 15) is 0 Å². The molecule has 1 nitrogen and oxygen atoms in total. The fourth-order valence-corrected chi connectivity index (χ4v) is 2.84. The molecule has 0 spiro atoms. The summed E-state index contributed by atoms with van der Waals surface area (Å²) in [7, 11) is 0. The van der Waals surface area contributed by atoms with Gasteiger partial charge in [0.05, 0.1) is 0 Å². The summed E-state index contributed by atoms with van der Waals surface area (Å²) < 4.78 is 0. The van der Waals surface area contributed by atoms with Crippen LogP contribution in [0.5, 0.6) is 0 Å². The van der Waals surface area contributed by atoms with Crippen LogP contribution in [-0.2, 0) is 0 Å². The summed E-state index contributed by atoms with van der Waals surface area (Å²) in [6.07, 6.45) is 6.84. The molecule has 0 bridgehead atoms. The molecule has 1 N–H and O–H groups in total. The lowest BCUT2D eigenvalue weighted by Crippen LogP contribution is -2.26. The molecule has 0 heterocycles. The van der Waals surface area contributed by atoms with E-state index in [-0.39, 0.29) is 0 Å². The van der Waals surface area contributed by atoms with Crippen molar-refractivity contribution in [3.8, 4) is 0 Å². The van der Waals surface area contributed by atoms with Crippen molar-refractivity contribution in [2.24, 2.45) is 5.92 Å². The maximum Gasteiger partial charge on any atom is 0.0374 e. The molecule has 0 radical (unpaired) electrons. The Kier molecular flexibility index (Phi) is 4.09. The Morgan fingerprint density at radius 2 is 1.82 bits per heavy atom. The normalized spacial score (nSPS) is 24.6. The molecule has 1 aliphatic carbocycles. The van der Waals surface area contributed by atoms with Crippen LogP contribution in [0.1, 0.15) is 50.2 Å². The van der Waals surface area contributed by atoms with E-state index in [2.05, 4.69) is 44.3 Å². The summed E-state index contributed by atoms with van der Waals surface area (Å²) in [4.78, 5) is 0. The topological polar surface area (TPSA) is 12.0 Å². The van der Waals surface area contributed by atoms with E-state index in [4.69, 9.17) is 0 Å². The highest BCUT2D eigenvalue weighted by atomic mass is 14.9. The lowest BCUT2D eigenvalue weighted by molar-refractivity contribution is 0.330. The highest BCUT2D eigenvalue weighted by Crippen LogP contribution is 2.29. The largest absolute Gasteiger partial charge is 0.382 e. The Labute approximate surface area is 106 Å². The number of aryl methyl sites for hydroxylation is 1. The van der Waals surface area contributed by atoms with Crippen molar-refractivity contribution in [1.82, 2.24) is 0 Å². The molecular weight excluding hydrogens is 206 g/mol. The van der Waals surface area contributed by atoms with Crippen molar-refractivity contribution in [2.75, 3.05) is 5.32 Å². The first-order valence-corrected chi connectivity index (χ1v) is 7.03. The van der Waals surface area contributed by atoms with Crippen LogP contribution in [0.25, 0.3) is 0 Å². The molecule has 2 rings (SSSR count). The van der Waals surface area contributed by atoms with Gasteiger partial charge in [-0.05, 0) is 62.6 Å². The van der Waals surface area contributed by atoms with Crippen molar-refractivity contribution >= 4 is 5.69 Å². The van der Waals surface area contributed by atoms with Gasteiger partial charge in [0.1, 0.15) is 0 Å². The van der Waals surface area contributed by atoms with Crippen LogP contribution in [0.2, 0.25) is 0 Å². The maximum absolute atomic E-state index is 3.73. The molecule has 0 aromatic heterocycles. The zero-order valence-electron chi connectivity index (χ0n) is 11.4. The second-order valence-electron chi connectivity index (χ2n) is 5.52. The van der Waals surface area contributed by atoms with Crippen LogP contribution in [-0.4, -0.2) is 6.04 Å². The van der Waals surface area contributed by atoms with Gasteiger partial charge in [-0.1, -0.05) is 25.5 Å². The van der Waals surface area contributed by atoms with E-state index in [1.165, 1.54) is 48.9 Å². The SMILES string of the molecule is CCC1CCC(Nc2cccc(C)c2C)CC1. The number of hydrogen-bond donors (Lipinski definition) is 1. The van der Waals surface area contributed by atoms with Crippen molar-refractivity contribution < 1.29 is 0 Å². The fraction of sp³-hybridized carbons (Fsp3) is 0.625. The number of hydrogen-bond acceptors (Lipinski definition) is 1. The first-order chi connectivity index (χ1) is 8.20. The zero-order valence-corrected chi connectivity index (χ0v) is 11.4. The third-order valence-corrected chi connectivity index (χ3v) is 4.39. The van der Waals surface area contributed by atoms with E-state index in [1.54, 1.807) is 0 Å². The summed E-state index contributed by atoms with van der Waals surface area (Å²) in [6, 6.07) is 7.25. The van der Waals surface area contributed by atoms with E-state index in [0.717, 1.165) is 5.92 Å². The van der Waals surface area contributed by atoms with Gasteiger partial charge in [0.15, 0.2) is 0 Å². The molecule has 1 heteroatoms. The van der Waals surface area contributed by atoms with E-state index in [0.29, 0.717) is 6.04 Å². The van der Waals surface area contributed by atoms with E-state index in [1.807, 2.05) is 0 Å². The molecule has 0 saturated heterocycles. The molecule has 1 fully saturated rings. The van der Waals surface area contributed by atoms with Crippen molar-refractivity contribution in [3.05, 3.63) is 29.3 Å². The lowest BCUT2D eigenvalue weighted by atomic mass is 9.84. The van der Waals surface area contributed by atoms with Gasteiger partial charge in [0, 0.05) is 11.7 Å². The monoisotopic (exact) mass is 231 g/mol. The zero-order chi connectivity index (χ0) is 12.3. The average molecular weight is 231 g/mol. The highest BCUT2D eigenvalue weighted by Gasteiger charge is 2.20. The van der Waals surface area contributed by atoms with Gasteiger partial charge >= 0.3 is 0 Å². The molecule has 0 amide bonds. The van der Waals surface area contributed by atoms with Crippen LogP contribution < -0.4 is 5.32 Å². The molecule has 0 aliphatic heterocycles. The molecule has 17 heavy (non-hydrogen) atoms. The lowest BCUT2D eigenvalue weighted by Gasteiger charge is -2.29. The first kappa shape index (κ1) is 12.5. The summed E-state index contributed by atoms with van der Waals surface area (Å²) >= 11 is 0. The number of rotatable bonds is 3. The van der Waals surface area contributed by atoms with Crippen LogP contribution in [0.3, 0.4) is 0 Å². The van der Waals surface area contributed by atoms with Gasteiger partial charge < -0.3 is 5.32 Å². The van der Waals surface area contributed by atoms with Crippen LogP contribution in [0.4, 0.5) is 5.69 Å². The van der Waals surface area contributed by atoms with Gasteiger partial charge in [-0.3, -0.25) is 0 Å². The van der Waals surface area contributed by atoms with E-state index >= 15 is 0 Å². The molecule has 0 atom stereocenters. The van der Waals surface area contributed by atoms with Crippen molar-refractivity contribution in [3.63, 3.8) is 0 Å². The quantitative estimate of drug-likeness (QED) is 0.796. The predicted molar refractivity (Wildman–Crippen MR) is 75.6 cm³/mol. The van der Waals surface area contributed by atoms with Gasteiger partial charge in [0.25, 0.3) is 0 Å². The second-order valence-corrected chi connectivity index (χ2v) is 5.52. The first-order valence-electron chi connectivity index (χ1n) is 7.03. The van der Waals surface area contributed by atoms with Crippen LogP contribution in [0.15, 0.2) is 18.2 Å². The molecule has 0 unspecified atom stereocenters. The summed E-state index contributed by atoms with van der Waals surface area (Å²) in [5, 5.41) is 3.73. The smallest absolute Gasteiger partial charge is 0.0374 e. The second kappa shape index (κ2) is 5.57. The Morgan fingerprint density at radius 1 is 1.12 bits per heavy atom. The van der Waals surface area contributed by atoms with Crippen molar-refractivity contribution in [1.29, 1.82) is 0 Å². The van der Waals surface area contributed by atoms with Crippen LogP contribution >= 0.6 is 0 Å². The van der Waals surface area contributed by atoms with Gasteiger partial charge in [-0.25, -0.2) is 0 Å². The Balaban J connectivity index is 1.95. The molecular formula is C16H25N. The summed E-state index contributed by atoms with van der Waals surface area (Å²) in [5.74, 6) is 0.978. The van der Waals surface area contributed by atoms with E-state index < -0.39 is 0 Å². The molecule has 1 aliphatic rings. The number of benzene rings is 1. The molecule has 1 aromatic rings. The molecule has 1 saturated carbocycles. The van der Waals surface area contributed by atoms with Gasteiger partial charge in [0.2, 0.25) is 0 Å². The molecule has 94 valence electrons. The van der Waals surface area contributed by atoms with Gasteiger partial charge in [-0.2, -0.15) is 0 Å². The fourth-order valence-electron chi connectivity index (χ4n) is 2.84. The Hall–Kier alpha value is -0.980. The Bertz CT molecular complexity index is 362. The van der Waals surface area contributed by atoms with Crippen molar-refractivity contribution in [2.45, 2.75) is 58.9 Å². The minimum atomic E-state index is 0.693. The minimum absolute atomic E-state index is 0.693.